The normalized spacial score (nSPS) is 21.6. The van der Waals surface area contributed by atoms with Crippen LogP contribution in [-0.2, 0) is 10.3 Å². The molecule has 1 aromatic heterocycles. The lowest BCUT2D eigenvalue weighted by atomic mass is 9.94. The van der Waals surface area contributed by atoms with Crippen LogP contribution >= 0.6 is 0 Å². The molecule has 2 aromatic rings. The van der Waals surface area contributed by atoms with Crippen LogP contribution < -0.4 is 10.6 Å². The quantitative estimate of drug-likeness (QED) is 0.924. The van der Waals surface area contributed by atoms with Crippen LogP contribution in [0.25, 0.3) is 0 Å². The van der Waals surface area contributed by atoms with Crippen LogP contribution in [0.4, 0.5) is 5.82 Å². The summed E-state index contributed by atoms with van der Waals surface area (Å²) in [6.07, 6.45) is 0. The van der Waals surface area contributed by atoms with Crippen molar-refractivity contribution in [2.24, 2.45) is 5.73 Å². The smallest absolute Gasteiger partial charge is 0.269 e. The molecule has 6 nitrogen and oxygen atoms in total. The highest BCUT2D eigenvalue weighted by atomic mass is 16.5. The van der Waals surface area contributed by atoms with E-state index in [4.69, 9.17) is 10.5 Å². The first kappa shape index (κ1) is 14.5. The van der Waals surface area contributed by atoms with E-state index < -0.39 is 11.5 Å². The molecule has 1 aromatic carbocycles. The zero-order valence-electron chi connectivity index (χ0n) is 12.4. The fraction of sp³-hybridized carbons (Fsp3) is 0.312. The van der Waals surface area contributed by atoms with Crippen molar-refractivity contribution in [1.82, 2.24) is 10.2 Å². The van der Waals surface area contributed by atoms with Gasteiger partial charge in [-0.2, -0.15) is 0 Å². The first-order valence-electron chi connectivity index (χ1n) is 7.16. The zero-order valence-corrected chi connectivity index (χ0v) is 12.4. The molecule has 1 fully saturated rings. The summed E-state index contributed by atoms with van der Waals surface area (Å²) in [6.45, 7) is 4.07. The Hall–Kier alpha value is -2.47. The number of hydrogen-bond donors (Lipinski definition) is 1. The number of carbonyl (C=O) groups excluding carboxylic acids is 1. The van der Waals surface area contributed by atoms with Crippen molar-refractivity contribution in [3.63, 3.8) is 0 Å². The number of nitrogens with zero attached hydrogens (tertiary/aromatic N) is 3. The molecule has 1 aliphatic rings. The van der Waals surface area contributed by atoms with Gasteiger partial charge in [0.1, 0.15) is 5.60 Å². The molecule has 0 bridgehead atoms. The van der Waals surface area contributed by atoms with E-state index in [9.17, 15) is 4.79 Å². The summed E-state index contributed by atoms with van der Waals surface area (Å²) >= 11 is 0. The molecule has 0 saturated carbocycles. The van der Waals surface area contributed by atoms with Gasteiger partial charge in [0.15, 0.2) is 11.5 Å². The maximum atomic E-state index is 11.1. The van der Waals surface area contributed by atoms with E-state index in [1.54, 1.807) is 12.1 Å². The molecule has 6 heteroatoms. The van der Waals surface area contributed by atoms with Crippen LogP contribution in [0.1, 0.15) is 23.0 Å². The number of ether oxygens (including phenoxy) is 1. The molecule has 2 heterocycles. The molecule has 1 atom stereocenters. The molecule has 1 aliphatic heterocycles. The zero-order chi connectivity index (χ0) is 15.6. The van der Waals surface area contributed by atoms with Gasteiger partial charge >= 0.3 is 0 Å². The molecule has 0 aliphatic carbocycles. The maximum absolute atomic E-state index is 11.1. The molecule has 0 radical (unpaired) electrons. The van der Waals surface area contributed by atoms with E-state index in [0.29, 0.717) is 13.2 Å². The Labute approximate surface area is 128 Å². The second-order valence-electron chi connectivity index (χ2n) is 5.51. The molecule has 1 saturated heterocycles. The minimum absolute atomic E-state index is 0.169. The number of amides is 1. The van der Waals surface area contributed by atoms with Crippen molar-refractivity contribution >= 4 is 11.7 Å². The monoisotopic (exact) mass is 298 g/mol. The van der Waals surface area contributed by atoms with Crippen LogP contribution in [0, 0.1) is 0 Å². The van der Waals surface area contributed by atoms with Gasteiger partial charge in [0.2, 0.25) is 0 Å². The Balaban J connectivity index is 1.82. The predicted molar refractivity (Wildman–Crippen MR) is 82.5 cm³/mol. The molecular formula is C16H18N4O2. The van der Waals surface area contributed by atoms with Gasteiger partial charge < -0.3 is 15.4 Å². The van der Waals surface area contributed by atoms with E-state index in [2.05, 4.69) is 34.2 Å². The highest BCUT2D eigenvalue weighted by molar-refractivity contribution is 5.90. The van der Waals surface area contributed by atoms with E-state index >= 15 is 0 Å². The number of primary amides is 1. The van der Waals surface area contributed by atoms with Gasteiger partial charge in [-0.15, -0.1) is 10.2 Å². The SMILES string of the molecule is CC1(c2ccccc2)CN(c2ccc(C(N)=O)nn2)CCO1. The van der Waals surface area contributed by atoms with Gasteiger partial charge in [0.05, 0.1) is 13.2 Å². The summed E-state index contributed by atoms with van der Waals surface area (Å²) in [5.41, 5.74) is 6.08. The lowest BCUT2D eigenvalue weighted by Gasteiger charge is -2.41. The first-order valence-corrected chi connectivity index (χ1v) is 7.16. The Morgan fingerprint density at radius 2 is 2.00 bits per heavy atom. The fourth-order valence-electron chi connectivity index (χ4n) is 2.66. The van der Waals surface area contributed by atoms with Gasteiger partial charge in [-0.25, -0.2) is 0 Å². The minimum Gasteiger partial charge on any atom is -0.367 e. The molecule has 3 rings (SSSR count). The summed E-state index contributed by atoms with van der Waals surface area (Å²) in [5.74, 6) is 0.144. The molecule has 1 amide bonds. The Kier molecular flexibility index (Phi) is 3.77. The number of anilines is 1. The fourth-order valence-corrected chi connectivity index (χ4v) is 2.66. The third-order valence-electron chi connectivity index (χ3n) is 3.89. The predicted octanol–water partition coefficient (Wildman–Crippen LogP) is 1.33. The highest BCUT2D eigenvalue weighted by Gasteiger charge is 2.34. The molecule has 0 spiro atoms. The lowest BCUT2D eigenvalue weighted by molar-refractivity contribution is -0.0468. The second-order valence-corrected chi connectivity index (χ2v) is 5.51. The number of hydrogen-bond acceptors (Lipinski definition) is 5. The van der Waals surface area contributed by atoms with Crippen molar-refractivity contribution in [3.8, 4) is 0 Å². The summed E-state index contributed by atoms with van der Waals surface area (Å²) in [5, 5.41) is 7.97. The number of benzene rings is 1. The van der Waals surface area contributed by atoms with Gasteiger partial charge in [0.25, 0.3) is 5.91 Å². The number of aromatic nitrogens is 2. The number of carbonyl (C=O) groups is 1. The van der Waals surface area contributed by atoms with E-state index in [-0.39, 0.29) is 5.69 Å². The van der Waals surface area contributed by atoms with Gasteiger partial charge in [-0.05, 0) is 24.6 Å². The van der Waals surface area contributed by atoms with Crippen molar-refractivity contribution in [2.45, 2.75) is 12.5 Å². The molecule has 114 valence electrons. The number of nitrogens with two attached hydrogens (primary N) is 1. The Bertz CT molecular complexity index is 660. The number of morpholine rings is 1. The van der Waals surface area contributed by atoms with E-state index in [1.165, 1.54) is 0 Å². The first-order chi connectivity index (χ1) is 10.6. The van der Waals surface area contributed by atoms with Crippen LogP contribution in [-0.4, -0.2) is 35.8 Å². The topological polar surface area (TPSA) is 81.3 Å². The van der Waals surface area contributed by atoms with Crippen LogP contribution in [0.5, 0.6) is 0 Å². The van der Waals surface area contributed by atoms with E-state index in [0.717, 1.165) is 17.9 Å². The third kappa shape index (κ3) is 2.78. The van der Waals surface area contributed by atoms with Crippen molar-refractivity contribution in [3.05, 3.63) is 53.7 Å². The molecule has 22 heavy (non-hydrogen) atoms. The largest absolute Gasteiger partial charge is 0.367 e. The van der Waals surface area contributed by atoms with Gasteiger partial charge in [-0.3, -0.25) is 4.79 Å². The molecule has 1 unspecified atom stereocenters. The Morgan fingerprint density at radius 3 is 2.64 bits per heavy atom. The minimum atomic E-state index is -0.574. The van der Waals surface area contributed by atoms with Gasteiger partial charge in [-0.1, -0.05) is 30.3 Å². The summed E-state index contributed by atoms with van der Waals surface area (Å²) in [6, 6.07) is 13.5. The summed E-state index contributed by atoms with van der Waals surface area (Å²) in [7, 11) is 0. The van der Waals surface area contributed by atoms with Gasteiger partial charge in [0, 0.05) is 6.54 Å². The van der Waals surface area contributed by atoms with Crippen LogP contribution in [0.3, 0.4) is 0 Å². The third-order valence-corrected chi connectivity index (χ3v) is 3.89. The van der Waals surface area contributed by atoms with Crippen molar-refractivity contribution in [2.75, 3.05) is 24.6 Å². The summed E-state index contributed by atoms with van der Waals surface area (Å²) in [4.78, 5) is 13.2. The van der Waals surface area contributed by atoms with E-state index in [1.807, 2.05) is 18.2 Å². The molecular weight excluding hydrogens is 280 g/mol. The number of rotatable bonds is 3. The highest BCUT2D eigenvalue weighted by Crippen LogP contribution is 2.30. The lowest BCUT2D eigenvalue weighted by Crippen LogP contribution is -2.48. The van der Waals surface area contributed by atoms with Crippen molar-refractivity contribution in [1.29, 1.82) is 0 Å². The second kappa shape index (κ2) is 5.73. The maximum Gasteiger partial charge on any atom is 0.269 e. The average Bonchev–Trinajstić information content (AvgIpc) is 2.56. The van der Waals surface area contributed by atoms with Crippen LogP contribution in [0.15, 0.2) is 42.5 Å². The van der Waals surface area contributed by atoms with Crippen molar-refractivity contribution < 1.29 is 9.53 Å². The standard InChI is InChI=1S/C16H18N4O2/c1-16(12-5-3-2-4-6-12)11-20(9-10-22-16)14-8-7-13(15(17)21)18-19-14/h2-8H,9-11H2,1H3,(H2,17,21). The average molecular weight is 298 g/mol. The summed E-state index contributed by atoms with van der Waals surface area (Å²) < 4.78 is 6.00. The molecule has 2 N–H and O–H groups in total. The van der Waals surface area contributed by atoms with Crippen LogP contribution in [0.2, 0.25) is 0 Å². The Morgan fingerprint density at radius 1 is 1.23 bits per heavy atom.